The minimum absolute atomic E-state index is 0.198. The maximum atomic E-state index is 8.55. The van der Waals surface area contributed by atoms with Crippen LogP contribution in [-0.4, -0.2) is 22.1 Å². The lowest BCUT2D eigenvalue weighted by molar-refractivity contribution is 0.415. The summed E-state index contributed by atoms with van der Waals surface area (Å²) in [5.41, 5.74) is 1.58. The van der Waals surface area contributed by atoms with Gasteiger partial charge in [0.05, 0.1) is 18.7 Å². The number of methoxy groups -OCH3 is 1. The zero-order chi connectivity index (χ0) is 9.97. The first-order valence-corrected chi connectivity index (χ1v) is 4.09. The van der Waals surface area contributed by atoms with Crippen molar-refractivity contribution >= 4 is 11.0 Å². The van der Waals surface area contributed by atoms with Gasteiger partial charge in [-0.3, -0.25) is 0 Å². The van der Waals surface area contributed by atoms with E-state index < -0.39 is 0 Å². The molecule has 0 N–H and O–H groups in total. The van der Waals surface area contributed by atoms with Gasteiger partial charge in [-0.25, -0.2) is 4.68 Å². The van der Waals surface area contributed by atoms with Gasteiger partial charge in [0.2, 0.25) is 0 Å². The van der Waals surface area contributed by atoms with Crippen LogP contribution in [-0.2, 0) is 6.54 Å². The highest BCUT2D eigenvalue weighted by atomic mass is 16.5. The van der Waals surface area contributed by atoms with E-state index in [-0.39, 0.29) is 6.54 Å². The summed E-state index contributed by atoms with van der Waals surface area (Å²) >= 11 is 0. The minimum atomic E-state index is 0.198. The Morgan fingerprint density at radius 1 is 1.57 bits per heavy atom. The van der Waals surface area contributed by atoms with Gasteiger partial charge in [-0.2, -0.15) is 5.26 Å². The van der Waals surface area contributed by atoms with E-state index in [1.807, 2.05) is 24.3 Å². The first-order valence-electron chi connectivity index (χ1n) is 4.09. The van der Waals surface area contributed by atoms with Crippen LogP contribution < -0.4 is 4.74 Å². The van der Waals surface area contributed by atoms with Gasteiger partial charge in [-0.05, 0) is 12.1 Å². The fourth-order valence-electron chi connectivity index (χ4n) is 1.26. The molecular formula is C9H8N4O. The van der Waals surface area contributed by atoms with Crippen LogP contribution in [0.2, 0.25) is 0 Å². The van der Waals surface area contributed by atoms with Crippen LogP contribution in [0.25, 0.3) is 11.0 Å². The second kappa shape index (κ2) is 3.34. The van der Waals surface area contributed by atoms with Crippen LogP contribution in [0.15, 0.2) is 18.2 Å². The summed E-state index contributed by atoms with van der Waals surface area (Å²) in [7, 11) is 1.60. The molecule has 5 nitrogen and oxygen atoms in total. The van der Waals surface area contributed by atoms with Crippen LogP contribution >= 0.6 is 0 Å². The van der Waals surface area contributed by atoms with Crippen LogP contribution in [0.1, 0.15) is 0 Å². The average molecular weight is 188 g/mol. The Morgan fingerprint density at radius 2 is 2.43 bits per heavy atom. The van der Waals surface area contributed by atoms with E-state index in [2.05, 4.69) is 10.3 Å². The third-order valence-corrected chi connectivity index (χ3v) is 1.94. The maximum Gasteiger partial charge on any atom is 0.130 e. The molecule has 0 fully saturated rings. The van der Waals surface area contributed by atoms with E-state index in [0.717, 1.165) is 16.8 Å². The number of ether oxygens (including phenoxy) is 1. The third-order valence-electron chi connectivity index (χ3n) is 1.94. The number of aromatic nitrogens is 3. The number of nitrogens with zero attached hydrogens (tertiary/aromatic N) is 4. The summed E-state index contributed by atoms with van der Waals surface area (Å²) in [4.78, 5) is 0. The lowest BCUT2D eigenvalue weighted by atomic mass is 10.3. The maximum absolute atomic E-state index is 8.55. The summed E-state index contributed by atoms with van der Waals surface area (Å²) in [5, 5.41) is 16.3. The summed E-state index contributed by atoms with van der Waals surface area (Å²) in [5.74, 6) is 0.735. The molecule has 0 saturated carbocycles. The second-order valence-electron chi connectivity index (χ2n) is 2.76. The molecule has 0 bridgehead atoms. The highest BCUT2D eigenvalue weighted by Gasteiger charge is 2.04. The largest absolute Gasteiger partial charge is 0.497 e. The van der Waals surface area contributed by atoms with Gasteiger partial charge < -0.3 is 4.74 Å². The molecule has 0 amide bonds. The van der Waals surface area contributed by atoms with E-state index in [9.17, 15) is 0 Å². The normalized spacial score (nSPS) is 10.0. The Hall–Kier alpha value is -2.09. The lowest BCUT2D eigenvalue weighted by Crippen LogP contribution is -1.97. The second-order valence-corrected chi connectivity index (χ2v) is 2.76. The molecule has 2 aromatic rings. The number of fused-ring (bicyclic) bond motifs is 1. The third kappa shape index (κ3) is 1.27. The zero-order valence-corrected chi connectivity index (χ0v) is 7.64. The molecule has 14 heavy (non-hydrogen) atoms. The van der Waals surface area contributed by atoms with Gasteiger partial charge in [-0.1, -0.05) is 5.21 Å². The molecule has 2 rings (SSSR count). The van der Waals surface area contributed by atoms with Crippen molar-refractivity contribution in [3.05, 3.63) is 18.2 Å². The van der Waals surface area contributed by atoms with Gasteiger partial charge in [0.25, 0.3) is 0 Å². The van der Waals surface area contributed by atoms with Gasteiger partial charge in [-0.15, -0.1) is 5.10 Å². The van der Waals surface area contributed by atoms with Crippen molar-refractivity contribution < 1.29 is 4.74 Å². The van der Waals surface area contributed by atoms with E-state index >= 15 is 0 Å². The molecule has 5 heteroatoms. The van der Waals surface area contributed by atoms with Gasteiger partial charge in [0.15, 0.2) is 0 Å². The summed E-state index contributed by atoms with van der Waals surface area (Å²) in [6.45, 7) is 0.198. The molecule has 0 aliphatic carbocycles. The molecule has 0 aliphatic rings. The molecule has 70 valence electrons. The number of hydrogen-bond donors (Lipinski definition) is 0. The predicted molar refractivity (Wildman–Crippen MR) is 49.7 cm³/mol. The quantitative estimate of drug-likeness (QED) is 0.704. The van der Waals surface area contributed by atoms with E-state index in [0.29, 0.717) is 0 Å². The van der Waals surface area contributed by atoms with Crippen molar-refractivity contribution in [3.63, 3.8) is 0 Å². The van der Waals surface area contributed by atoms with Crippen molar-refractivity contribution in [1.29, 1.82) is 5.26 Å². The molecular weight excluding hydrogens is 180 g/mol. The van der Waals surface area contributed by atoms with Crippen LogP contribution in [0.3, 0.4) is 0 Å². The Balaban J connectivity index is 2.59. The fraction of sp³-hybridized carbons (Fsp3) is 0.222. The molecule has 1 aromatic heterocycles. The Kier molecular flexibility index (Phi) is 2.03. The van der Waals surface area contributed by atoms with Gasteiger partial charge in [0.1, 0.15) is 17.8 Å². The van der Waals surface area contributed by atoms with Crippen LogP contribution in [0, 0.1) is 11.3 Å². The van der Waals surface area contributed by atoms with E-state index in [4.69, 9.17) is 10.00 Å². The smallest absolute Gasteiger partial charge is 0.130 e. The first kappa shape index (κ1) is 8.51. The van der Waals surface area contributed by atoms with Gasteiger partial charge >= 0.3 is 0 Å². The number of rotatable bonds is 2. The molecule has 0 atom stereocenters. The lowest BCUT2D eigenvalue weighted by Gasteiger charge is -1.99. The number of hydrogen-bond acceptors (Lipinski definition) is 4. The van der Waals surface area contributed by atoms with Gasteiger partial charge in [0, 0.05) is 6.07 Å². The Labute approximate surface area is 80.5 Å². The van der Waals surface area contributed by atoms with Crippen molar-refractivity contribution in [2.45, 2.75) is 6.54 Å². The number of benzene rings is 1. The topological polar surface area (TPSA) is 63.7 Å². The van der Waals surface area contributed by atoms with Crippen molar-refractivity contribution in [2.75, 3.05) is 7.11 Å². The molecule has 0 spiro atoms. The number of nitriles is 1. The first-order chi connectivity index (χ1) is 6.85. The highest BCUT2D eigenvalue weighted by Crippen LogP contribution is 2.18. The Morgan fingerprint density at radius 3 is 3.14 bits per heavy atom. The van der Waals surface area contributed by atoms with Crippen LogP contribution in [0.4, 0.5) is 0 Å². The van der Waals surface area contributed by atoms with Crippen molar-refractivity contribution in [3.8, 4) is 11.8 Å². The summed E-state index contributed by atoms with van der Waals surface area (Å²) in [6.07, 6.45) is 0. The molecule has 0 radical (unpaired) electrons. The fourth-order valence-corrected chi connectivity index (χ4v) is 1.26. The molecule has 0 saturated heterocycles. The van der Waals surface area contributed by atoms with Crippen molar-refractivity contribution in [2.24, 2.45) is 0 Å². The molecule has 1 heterocycles. The monoisotopic (exact) mass is 188 g/mol. The minimum Gasteiger partial charge on any atom is -0.497 e. The van der Waals surface area contributed by atoms with E-state index in [1.165, 1.54) is 4.68 Å². The predicted octanol–water partition coefficient (Wildman–Crippen LogP) is 0.963. The summed E-state index contributed by atoms with van der Waals surface area (Å²) < 4.78 is 6.61. The van der Waals surface area contributed by atoms with Crippen molar-refractivity contribution in [1.82, 2.24) is 15.0 Å². The molecule has 0 aliphatic heterocycles. The SMILES string of the molecule is COc1ccc2nnn(CC#N)c2c1. The molecule has 0 unspecified atom stereocenters. The Bertz CT molecular complexity index is 497. The van der Waals surface area contributed by atoms with E-state index in [1.54, 1.807) is 7.11 Å². The molecule has 1 aromatic carbocycles. The summed E-state index contributed by atoms with van der Waals surface area (Å²) in [6, 6.07) is 7.46. The zero-order valence-electron chi connectivity index (χ0n) is 7.64. The average Bonchev–Trinajstić information content (AvgIpc) is 2.61. The standard InChI is InChI=1S/C9H8N4O/c1-14-7-2-3-8-9(6-7)13(5-4-10)12-11-8/h2-3,6H,5H2,1H3. The highest BCUT2D eigenvalue weighted by molar-refractivity contribution is 5.76. The van der Waals surface area contributed by atoms with Crippen LogP contribution in [0.5, 0.6) is 5.75 Å².